The van der Waals surface area contributed by atoms with Crippen LogP contribution in [0.5, 0.6) is 0 Å². The number of likely N-dealkylation sites (N-methyl/N-ethyl adjacent to an activating group) is 1. The third kappa shape index (κ3) is 3.21. The monoisotopic (exact) mass is 272 g/mol. The minimum absolute atomic E-state index is 0.670. The lowest BCUT2D eigenvalue weighted by Gasteiger charge is -2.21. The predicted molar refractivity (Wildman–Crippen MR) is 80.5 cm³/mol. The van der Waals surface area contributed by atoms with Crippen molar-refractivity contribution in [3.05, 3.63) is 41.5 Å². The van der Waals surface area contributed by atoms with Crippen LogP contribution < -0.4 is 16.2 Å². The van der Waals surface area contributed by atoms with E-state index >= 15 is 0 Å². The maximum absolute atomic E-state index is 5.49. The first-order valence-electron chi connectivity index (χ1n) is 6.53. The molecule has 2 heterocycles. The molecule has 2 aromatic rings. The number of nitrogen functional groups attached to an aromatic ring is 1. The molecule has 0 aliphatic carbocycles. The number of nitrogens with one attached hydrogen (secondary N) is 1. The SMILES string of the molecule is Cc1nc(NN)c(C)c(N(C)CCc2ccncc2)n1. The molecule has 3 N–H and O–H groups in total. The van der Waals surface area contributed by atoms with Crippen molar-refractivity contribution in [2.75, 3.05) is 23.9 Å². The van der Waals surface area contributed by atoms with E-state index in [1.807, 2.05) is 45.4 Å². The van der Waals surface area contributed by atoms with E-state index in [4.69, 9.17) is 5.84 Å². The molecule has 0 amide bonds. The van der Waals surface area contributed by atoms with Gasteiger partial charge in [-0.3, -0.25) is 4.98 Å². The summed E-state index contributed by atoms with van der Waals surface area (Å²) in [7, 11) is 2.02. The Morgan fingerprint density at radius 1 is 1.20 bits per heavy atom. The number of pyridine rings is 1. The second-order valence-corrected chi connectivity index (χ2v) is 4.74. The third-order valence-electron chi connectivity index (χ3n) is 3.22. The van der Waals surface area contributed by atoms with Crippen molar-refractivity contribution in [2.45, 2.75) is 20.3 Å². The van der Waals surface area contributed by atoms with Crippen molar-refractivity contribution < 1.29 is 0 Å². The average molecular weight is 272 g/mol. The highest BCUT2D eigenvalue weighted by Gasteiger charge is 2.12. The number of nitrogens with two attached hydrogens (primary N) is 1. The van der Waals surface area contributed by atoms with Gasteiger partial charge in [0.05, 0.1) is 0 Å². The van der Waals surface area contributed by atoms with Gasteiger partial charge in [-0.05, 0) is 38.0 Å². The molecule has 20 heavy (non-hydrogen) atoms. The maximum Gasteiger partial charge on any atom is 0.148 e. The Balaban J connectivity index is 2.13. The smallest absolute Gasteiger partial charge is 0.148 e. The zero-order valence-electron chi connectivity index (χ0n) is 12.1. The van der Waals surface area contributed by atoms with Gasteiger partial charge in [-0.25, -0.2) is 15.8 Å². The lowest BCUT2D eigenvalue weighted by Crippen LogP contribution is -2.24. The molecule has 0 aliphatic heterocycles. The van der Waals surface area contributed by atoms with Crippen LogP contribution in [0.3, 0.4) is 0 Å². The summed E-state index contributed by atoms with van der Waals surface area (Å²) >= 11 is 0. The fourth-order valence-electron chi connectivity index (χ4n) is 2.08. The summed E-state index contributed by atoms with van der Waals surface area (Å²) in [6.07, 6.45) is 4.56. The summed E-state index contributed by atoms with van der Waals surface area (Å²) in [6, 6.07) is 4.05. The van der Waals surface area contributed by atoms with Gasteiger partial charge < -0.3 is 10.3 Å². The van der Waals surface area contributed by atoms with Crippen LogP contribution in [0.15, 0.2) is 24.5 Å². The Morgan fingerprint density at radius 2 is 1.90 bits per heavy atom. The molecular formula is C14H20N6. The normalized spacial score (nSPS) is 10.4. The molecule has 0 fully saturated rings. The van der Waals surface area contributed by atoms with E-state index in [0.29, 0.717) is 11.6 Å². The third-order valence-corrected chi connectivity index (χ3v) is 3.22. The van der Waals surface area contributed by atoms with Crippen LogP contribution >= 0.6 is 0 Å². The summed E-state index contributed by atoms with van der Waals surface area (Å²) in [5.41, 5.74) is 4.83. The molecule has 6 heteroatoms. The van der Waals surface area contributed by atoms with E-state index in [-0.39, 0.29) is 0 Å². The van der Waals surface area contributed by atoms with E-state index in [9.17, 15) is 0 Å². The minimum atomic E-state index is 0.670. The van der Waals surface area contributed by atoms with Crippen molar-refractivity contribution in [1.29, 1.82) is 0 Å². The molecule has 106 valence electrons. The molecule has 0 saturated heterocycles. The van der Waals surface area contributed by atoms with Gasteiger partial charge in [0.15, 0.2) is 0 Å². The fourth-order valence-corrected chi connectivity index (χ4v) is 2.08. The molecule has 0 aromatic carbocycles. The molecular weight excluding hydrogens is 252 g/mol. The summed E-state index contributed by atoms with van der Waals surface area (Å²) in [6.45, 7) is 4.69. The molecule has 0 unspecified atom stereocenters. The quantitative estimate of drug-likeness (QED) is 0.633. The van der Waals surface area contributed by atoms with Gasteiger partial charge in [0.25, 0.3) is 0 Å². The number of rotatable bonds is 5. The van der Waals surface area contributed by atoms with Crippen LogP contribution in [0.1, 0.15) is 17.0 Å². The second-order valence-electron chi connectivity index (χ2n) is 4.74. The first-order valence-corrected chi connectivity index (χ1v) is 6.53. The van der Waals surface area contributed by atoms with Crippen LogP contribution in [-0.2, 0) is 6.42 Å². The predicted octanol–water partition coefficient (Wildman–Crippen LogP) is 1.45. The Hall–Kier alpha value is -2.21. The Morgan fingerprint density at radius 3 is 2.55 bits per heavy atom. The van der Waals surface area contributed by atoms with Gasteiger partial charge in [0, 0.05) is 31.5 Å². The molecule has 0 radical (unpaired) electrons. The zero-order chi connectivity index (χ0) is 14.5. The van der Waals surface area contributed by atoms with E-state index in [2.05, 4.69) is 25.3 Å². The minimum Gasteiger partial charge on any atom is -0.359 e. The molecule has 2 aromatic heterocycles. The molecule has 0 atom stereocenters. The number of hydrazine groups is 1. The number of anilines is 2. The van der Waals surface area contributed by atoms with Crippen LogP contribution in [0.25, 0.3) is 0 Å². The van der Waals surface area contributed by atoms with Crippen molar-refractivity contribution in [1.82, 2.24) is 15.0 Å². The van der Waals surface area contributed by atoms with Crippen LogP contribution in [0.4, 0.5) is 11.6 Å². The molecule has 6 nitrogen and oxygen atoms in total. The van der Waals surface area contributed by atoms with E-state index < -0.39 is 0 Å². The summed E-state index contributed by atoms with van der Waals surface area (Å²) in [4.78, 5) is 14.9. The standard InChI is InChI=1S/C14H20N6/c1-10-13(19-15)17-11(2)18-14(10)20(3)9-6-12-4-7-16-8-5-12/h4-5,7-8H,6,9,15H2,1-3H3,(H,17,18,19). The first kappa shape index (κ1) is 14.2. The Bertz CT molecular complexity index is 569. The van der Waals surface area contributed by atoms with Crippen molar-refractivity contribution in [3.63, 3.8) is 0 Å². The highest BCUT2D eigenvalue weighted by Crippen LogP contribution is 2.22. The fraction of sp³-hybridized carbons (Fsp3) is 0.357. The summed E-state index contributed by atoms with van der Waals surface area (Å²) in [5, 5.41) is 0. The van der Waals surface area contributed by atoms with Gasteiger partial charge >= 0.3 is 0 Å². The second kappa shape index (κ2) is 6.29. The number of aryl methyl sites for hydroxylation is 1. The molecule has 0 spiro atoms. The van der Waals surface area contributed by atoms with E-state index in [1.165, 1.54) is 5.56 Å². The Kier molecular flexibility index (Phi) is 4.47. The highest BCUT2D eigenvalue weighted by atomic mass is 15.3. The van der Waals surface area contributed by atoms with E-state index in [1.54, 1.807) is 0 Å². The zero-order valence-corrected chi connectivity index (χ0v) is 12.1. The number of hydrogen-bond donors (Lipinski definition) is 2. The number of nitrogens with zero attached hydrogens (tertiary/aromatic N) is 4. The average Bonchev–Trinajstić information content (AvgIpc) is 2.47. The lowest BCUT2D eigenvalue weighted by molar-refractivity contribution is 0.841. The lowest BCUT2D eigenvalue weighted by atomic mass is 10.2. The molecule has 2 rings (SSSR count). The van der Waals surface area contributed by atoms with E-state index in [0.717, 1.165) is 24.3 Å². The molecule has 0 bridgehead atoms. The Labute approximate surface area is 119 Å². The first-order chi connectivity index (χ1) is 9.61. The summed E-state index contributed by atoms with van der Waals surface area (Å²) in [5.74, 6) is 7.76. The van der Waals surface area contributed by atoms with Crippen molar-refractivity contribution >= 4 is 11.6 Å². The topological polar surface area (TPSA) is 80.0 Å². The van der Waals surface area contributed by atoms with Gasteiger partial charge in [-0.1, -0.05) is 0 Å². The van der Waals surface area contributed by atoms with Crippen molar-refractivity contribution in [3.8, 4) is 0 Å². The van der Waals surface area contributed by atoms with Gasteiger partial charge in [-0.15, -0.1) is 0 Å². The van der Waals surface area contributed by atoms with Crippen LogP contribution in [0, 0.1) is 13.8 Å². The van der Waals surface area contributed by atoms with Gasteiger partial charge in [-0.2, -0.15) is 0 Å². The largest absolute Gasteiger partial charge is 0.359 e. The van der Waals surface area contributed by atoms with Crippen LogP contribution in [0.2, 0.25) is 0 Å². The maximum atomic E-state index is 5.49. The van der Waals surface area contributed by atoms with Crippen LogP contribution in [-0.4, -0.2) is 28.5 Å². The van der Waals surface area contributed by atoms with Gasteiger partial charge in [0.2, 0.25) is 0 Å². The summed E-state index contributed by atoms with van der Waals surface area (Å²) < 4.78 is 0. The van der Waals surface area contributed by atoms with Crippen molar-refractivity contribution in [2.24, 2.45) is 5.84 Å². The molecule has 0 aliphatic rings. The van der Waals surface area contributed by atoms with Gasteiger partial charge in [0.1, 0.15) is 17.5 Å². The highest BCUT2D eigenvalue weighted by molar-refractivity contribution is 5.57. The number of aromatic nitrogens is 3. The number of hydrogen-bond acceptors (Lipinski definition) is 6. The molecule has 0 saturated carbocycles.